The molecule has 0 aliphatic carbocycles. The van der Waals surface area contributed by atoms with E-state index in [2.05, 4.69) is 15.2 Å². The smallest absolute Gasteiger partial charge is 0.317 e. The van der Waals surface area contributed by atoms with Gasteiger partial charge in [0.15, 0.2) is 0 Å². The predicted molar refractivity (Wildman–Crippen MR) is 103 cm³/mol. The second-order valence-corrected chi connectivity index (χ2v) is 6.66. The number of aryl methyl sites for hydroxylation is 1. The molecule has 2 aromatic rings. The SMILES string of the molecule is CN(C(=O)CN1CCN(C(=O)NCc2nccn2C)CC1)c1ccccc1. The molecule has 27 heavy (non-hydrogen) atoms. The number of rotatable bonds is 5. The first-order chi connectivity index (χ1) is 13.0. The number of nitrogens with one attached hydrogen (secondary N) is 1. The zero-order chi connectivity index (χ0) is 19.2. The standard InChI is InChI=1S/C19H26N6O2/c1-22-9-8-20-17(22)14-21-19(27)25-12-10-24(11-13-25)15-18(26)23(2)16-6-4-3-5-7-16/h3-9H,10-15H2,1-2H3,(H,21,27). The van der Waals surface area contributed by atoms with Crippen LogP contribution in [0.1, 0.15) is 5.82 Å². The molecule has 8 nitrogen and oxygen atoms in total. The van der Waals surface area contributed by atoms with E-state index in [9.17, 15) is 9.59 Å². The van der Waals surface area contributed by atoms with Gasteiger partial charge in [-0.1, -0.05) is 18.2 Å². The fraction of sp³-hybridized carbons (Fsp3) is 0.421. The molecule has 1 aliphatic rings. The van der Waals surface area contributed by atoms with Crippen molar-refractivity contribution < 1.29 is 9.59 Å². The minimum Gasteiger partial charge on any atom is -0.337 e. The molecule has 3 rings (SSSR count). The summed E-state index contributed by atoms with van der Waals surface area (Å²) in [6, 6.07) is 9.51. The highest BCUT2D eigenvalue weighted by Gasteiger charge is 2.23. The van der Waals surface area contributed by atoms with Crippen LogP contribution in [0.4, 0.5) is 10.5 Å². The third kappa shape index (κ3) is 4.85. The quantitative estimate of drug-likeness (QED) is 0.849. The Hall–Kier alpha value is -2.87. The minimum absolute atomic E-state index is 0.0499. The molecule has 0 atom stereocenters. The van der Waals surface area contributed by atoms with Crippen LogP contribution in [0.2, 0.25) is 0 Å². The van der Waals surface area contributed by atoms with Crippen LogP contribution in [0.25, 0.3) is 0 Å². The van der Waals surface area contributed by atoms with Crippen LogP contribution >= 0.6 is 0 Å². The lowest BCUT2D eigenvalue weighted by Gasteiger charge is -2.35. The number of benzene rings is 1. The van der Waals surface area contributed by atoms with Gasteiger partial charge in [-0.25, -0.2) is 9.78 Å². The summed E-state index contributed by atoms with van der Waals surface area (Å²) in [7, 11) is 3.69. The van der Waals surface area contributed by atoms with E-state index in [0.717, 1.165) is 11.5 Å². The molecule has 1 aromatic carbocycles. The maximum Gasteiger partial charge on any atom is 0.317 e. The summed E-state index contributed by atoms with van der Waals surface area (Å²) >= 11 is 0. The summed E-state index contributed by atoms with van der Waals surface area (Å²) in [6.45, 7) is 3.34. The maximum absolute atomic E-state index is 12.5. The molecule has 1 N–H and O–H groups in total. The first kappa shape index (κ1) is 18.9. The van der Waals surface area contributed by atoms with E-state index in [0.29, 0.717) is 39.3 Å². The van der Waals surface area contributed by atoms with Gasteiger partial charge < -0.3 is 19.7 Å². The van der Waals surface area contributed by atoms with Gasteiger partial charge in [-0.3, -0.25) is 9.69 Å². The lowest BCUT2D eigenvalue weighted by atomic mass is 10.2. The number of aromatic nitrogens is 2. The number of hydrogen-bond acceptors (Lipinski definition) is 4. The maximum atomic E-state index is 12.5. The first-order valence-electron chi connectivity index (χ1n) is 9.07. The second-order valence-electron chi connectivity index (χ2n) is 6.66. The number of anilines is 1. The lowest BCUT2D eigenvalue weighted by molar-refractivity contribution is -0.119. The lowest BCUT2D eigenvalue weighted by Crippen LogP contribution is -2.53. The number of carbonyl (C=O) groups excluding carboxylic acids is 2. The van der Waals surface area contributed by atoms with Crippen LogP contribution in [0.15, 0.2) is 42.7 Å². The van der Waals surface area contributed by atoms with Gasteiger partial charge >= 0.3 is 6.03 Å². The third-order valence-electron chi connectivity index (χ3n) is 4.85. The minimum atomic E-state index is -0.0922. The Morgan fingerprint density at radius 2 is 1.85 bits per heavy atom. The van der Waals surface area contributed by atoms with Gasteiger partial charge in [-0.05, 0) is 12.1 Å². The van der Waals surface area contributed by atoms with E-state index >= 15 is 0 Å². The van der Waals surface area contributed by atoms with Crippen molar-refractivity contribution in [2.45, 2.75) is 6.54 Å². The number of likely N-dealkylation sites (N-methyl/N-ethyl adjacent to an activating group) is 1. The molecule has 0 spiro atoms. The highest BCUT2D eigenvalue weighted by molar-refractivity contribution is 5.94. The Balaban J connectivity index is 1.42. The van der Waals surface area contributed by atoms with Gasteiger partial charge in [0, 0.05) is 58.4 Å². The monoisotopic (exact) mass is 370 g/mol. The Labute approximate surface area is 159 Å². The van der Waals surface area contributed by atoms with E-state index in [1.54, 1.807) is 23.0 Å². The molecule has 1 aliphatic heterocycles. The van der Waals surface area contributed by atoms with Crippen molar-refractivity contribution in [1.29, 1.82) is 0 Å². The van der Waals surface area contributed by atoms with E-state index < -0.39 is 0 Å². The third-order valence-corrected chi connectivity index (χ3v) is 4.85. The fourth-order valence-corrected chi connectivity index (χ4v) is 3.04. The van der Waals surface area contributed by atoms with Gasteiger partial charge in [0.05, 0.1) is 13.1 Å². The largest absolute Gasteiger partial charge is 0.337 e. The van der Waals surface area contributed by atoms with E-state index in [-0.39, 0.29) is 11.9 Å². The van der Waals surface area contributed by atoms with Crippen molar-refractivity contribution >= 4 is 17.6 Å². The Morgan fingerprint density at radius 1 is 1.15 bits per heavy atom. The summed E-state index contributed by atoms with van der Waals surface area (Å²) in [5.41, 5.74) is 0.884. The van der Waals surface area contributed by atoms with Crippen LogP contribution in [0, 0.1) is 0 Å². The van der Waals surface area contributed by atoms with Crippen molar-refractivity contribution in [2.24, 2.45) is 7.05 Å². The molecule has 144 valence electrons. The van der Waals surface area contributed by atoms with Gasteiger partial charge in [-0.15, -0.1) is 0 Å². The van der Waals surface area contributed by atoms with Crippen LogP contribution in [-0.2, 0) is 18.4 Å². The number of nitrogens with zero attached hydrogens (tertiary/aromatic N) is 5. The molecule has 8 heteroatoms. The number of hydrogen-bond donors (Lipinski definition) is 1. The highest BCUT2D eigenvalue weighted by Crippen LogP contribution is 2.12. The predicted octanol–water partition coefficient (Wildman–Crippen LogP) is 0.910. The summed E-state index contributed by atoms with van der Waals surface area (Å²) in [5.74, 6) is 0.866. The average Bonchev–Trinajstić information content (AvgIpc) is 3.11. The second kappa shape index (κ2) is 8.68. The van der Waals surface area contributed by atoms with E-state index in [4.69, 9.17) is 0 Å². The van der Waals surface area contributed by atoms with Crippen molar-refractivity contribution in [3.05, 3.63) is 48.5 Å². The molecule has 3 amide bonds. The Bertz CT molecular complexity index is 768. The summed E-state index contributed by atoms with van der Waals surface area (Å²) in [4.78, 5) is 34.5. The zero-order valence-electron chi connectivity index (χ0n) is 15.8. The number of piperazine rings is 1. The summed E-state index contributed by atoms with van der Waals surface area (Å²) < 4.78 is 1.88. The number of amides is 3. The Morgan fingerprint density at radius 3 is 2.48 bits per heavy atom. The molecular weight excluding hydrogens is 344 g/mol. The van der Waals surface area contributed by atoms with E-state index in [1.807, 2.05) is 48.1 Å². The van der Waals surface area contributed by atoms with Crippen LogP contribution in [-0.4, -0.2) is 71.1 Å². The number of para-hydroxylation sites is 1. The molecular formula is C19H26N6O2. The summed E-state index contributed by atoms with van der Waals surface area (Å²) in [6.07, 6.45) is 3.56. The van der Waals surface area contributed by atoms with Crippen molar-refractivity contribution in [1.82, 2.24) is 24.7 Å². The molecule has 1 saturated heterocycles. The Kier molecular flexibility index (Phi) is 6.08. The van der Waals surface area contributed by atoms with Crippen molar-refractivity contribution in [2.75, 3.05) is 44.7 Å². The topological polar surface area (TPSA) is 73.7 Å². The van der Waals surface area contributed by atoms with Gasteiger partial charge in [0.25, 0.3) is 0 Å². The van der Waals surface area contributed by atoms with Crippen molar-refractivity contribution in [3.63, 3.8) is 0 Å². The number of carbonyl (C=O) groups is 2. The highest BCUT2D eigenvalue weighted by atomic mass is 16.2. The van der Waals surface area contributed by atoms with Crippen LogP contribution < -0.4 is 10.2 Å². The average molecular weight is 370 g/mol. The van der Waals surface area contributed by atoms with Crippen LogP contribution in [0.5, 0.6) is 0 Å². The molecule has 2 heterocycles. The molecule has 1 fully saturated rings. The number of urea groups is 1. The molecule has 0 radical (unpaired) electrons. The van der Waals surface area contributed by atoms with Gasteiger partial charge in [0.1, 0.15) is 5.82 Å². The van der Waals surface area contributed by atoms with E-state index in [1.165, 1.54) is 0 Å². The molecule has 0 unspecified atom stereocenters. The first-order valence-corrected chi connectivity index (χ1v) is 9.07. The van der Waals surface area contributed by atoms with Gasteiger partial charge in [-0.2, -0.15) is 0 Å². The summed E-state index contributed by atoms with van der Waals surface area (Å²) in [5, 5.41) is 2.90. The normalized spacial score (nSPS) is 14.8. The fourth-order valence-electron chi connectivity index (χ4n) is 3.04. The molecule has 1 aromatic heterocycles. The molecule has 0 bridgehead atoms. The number of imidazole rings is 1. The van der Waals surface area contributed by atoms with Gasteiger partial charge in [0.2, 0.25) is 5.91 Å². The van der Waals surface area contributed by atoms with Crippen molar-refractivity contribution in [3.8, 4) is 0 Å². The van der Waals surface area contributed by atoms with Crippen LogP contribution in [0.3, 0.4) is 0 Å². The zero-order valence-corrected chi connectivity index (χ0v) is 15.8. The molecule has 0 saturated carbocycles.